The summed E-state index contributed by atoms with van der Waals surface area (Å²) in [6, 6.07) is 31.0. The second kappa shape index (κ2) is 36.2. The topological polar surface area (TPSA) is 135 Å². The van der Waals surface area contributed by atoms with Crippen LogP contribution in [0.4, 0.5) is 0 Å². The third-order valence-electron chi connectivity index (χ3n) is 14.7. The van der Waals surface area contributed by atoms with Gasteiger partial charge in [0.2, 0.25) is 0 Å². The van der Waals surface area contributed by atoms with E-state index in [-0.39, 0.29) is 50.8 Å². The minimum Gasteiger partial charge on any atom is -0.497 e. The Morgan fingerprint density at radius 1 is 0.506 bits per heavy atom. The Kier molecular flexibility index (Phi) is 30.4. The fourth-order valence-corrected chi connectivity index (χ4v) is 10.0. The second-order valence-electron chi connectivity index (χ2n) is 21.1. The minimum absolute atomic E-state index is 0.0121. The molecule has 0 heterocycles. The Morgan fingerprint density at radius 3 is 1.39 bits per heavy atom. The highest BCUT2D eigenvalue weighted by molar-refractivity contribution is 5.30. The van der Waals surface area contributed by atoms with Crippen LogP contribution in [0.1, 0.15) is 135 Å². The summed E-state index contributed by atoms with van der Waals surface area (Å²) < 4.78 is 47.9. The van der Waals surface area contributed by atoms with Gasteiger partial charge in [0.1, 0.15) is 29.1 Å². The maximum Gasteiger partial charge on any atom is 0.118 e. The van der Waals surface area contributed by atoms with Crippen molar-refractivity contribution >= 4 is 0 Å². The van der Waals surface area contributed by atoms with Crippen LogP contribution in [-0.4, -0.2) is 87.5 Å². The summed E-state index contributed by atoms with van der Waals surface area (Å²) in [4.78, 5) is 0. The SMILES string of the molecule is CCCCCCCCCC[C@H](C)[C@@H](OCc1ccc(OC)cc1)[C@@H](C)/C=C(C)/C=C(\C)[C@H](O)[C@H](C)/C=C(\C)[C@H](O)C[C@H](COCc1ccc(OC)cc1)[C@@H](OCc1ccc(OC)cc1)[C@@H](CO)OCc1ccc(OC)cc1. The van der Waals surface area contributed by atoms with Gasteiger partial charge in [-0.15, -0.1) is 0 Å². The van der Waals surface area contributed by atoms with Crippen molar-refractivity contribution in [2.24, 2.45) is 23.7 Å². The van der Waals surface area contributed by atoms with Crippen molar-refractivity contribution in [3.63, 3.8) is 0 Å². The summed E-state index contributed by atoms with van der Waals surface area (Å²) in [6.07, 6.45) is 14.8. The van der Waals surface area contributed by atoms with Crippen molar-refractivity contribution in [3.8, 4) is 23.0 Å². The highest BCUT2D eigenvalue weighted by atomic mass is 16.6. The lowest BCUT2D eigenvalue weighted by atomic mass is 9.87. The van der Waals surface area contributed by atoms with E-state index in [2.05, 4.69) is 52.0 Å². The van der Waals surface area contributed by atoms with Crippen LogP contribution in [0.2, 0.25) is 0 Å². The molecule has 0 bridgehead atoms. The van der Waals surface area contributed by atoms with E-state index in [0.717, 1.165) is 62.8 Å². The standard InChI is InChI=1S/C66H96O11/c1-12-13-14-15-16-17-18-19-20-48(3)65(76-44-55-25-33-60(72-10)34-26-55)52(7)38-47(2)37-50(5)64(69)51(6)39-49(4)62(68)40-57(46-74-42-53-21-29-58(70-8)30-22-53)66(77-45-56-27-35-61(73-11)36-28-56)63(41-67)75-43-54-23-31-59(71-9)32-24-54/h21-39,48,51-52,57,62-69H,12-20,40-46H2,1-11H3/b47-38+,49-39+,50-37+/t48-,51+,52-,57+,62+,63+,64-,65+,66+/m0/s1. The van der Waals surface area contributed by atoms with Gasteiger partial charge in [-0.25, -0.2) is 0 Å². The first-order chi connectivity index (χ1) is 37.2. The summed E-state index contributed by atoms with van der Waals surface area (Å²) in [5.74, 6) is 2.77. The van der Waals surface area contributed by atoms with E-state index in [4.69, 9.17) is 37.9 Å². The zero-order chi connectivity index (χ0) is 56.0. The van der Waals surface area contributed by atoms with Crippen LogP contribution in [0, 0.1) is 23.7 Å². The maximum atomic E-state index is 12.1. The van der Waals surface area contributed by atoms with Crippen molar-refractivity contribution < 1.29 is 53.2 Å². The molecule has 4 rings (SSSR count). The average Bonchev–Trinajstić information content (AvgIpc) is 3.44. The van der Waals surface area contributed by atoms with Crippen molar-refractivity contribution in [3.05, 3.63) is 154 Å². The molecule has 426 valence electrons. The monoisotopic (exact) mass is 1060 g/mol. The number of aliphatic hydroxyl groups excluding tert-OH is 3. The quantitative estimate of drug-likeness (QED) is 0.0224. The number of rotatable bonds is 39. The van der Waals surface area contributed by atoms with Gasteiger partial charge in [-0.05, 0) is 121 Å². The number of unbranched alkanes of at least 4 members (excludes halogenated alkanes) is 7. The third-order valence-corrected chi connectivity index (χ3v) is 14.7. The Labute approximate surface area is 463 Å². The lowest BCUT2D eigenvalue weighted by Gasteiger charge is -2.34. The normalized spacial score (nSPS) is 15.9. The zero-order valence-corrected chi connectivity index (χ0v) is 48.6. The van der Waals surface area contributed by atoms with Gasteiger partial charge >= 0.3 is 0 Å². The molecule has 4 aromatic carbocycles. The maximum absolute atomic E-state index is 12.1. The predicted molar refractivity (Wildman–Crippen MR) is 311 cm³/mol. The third kappa shape index (κ3) is 23.5. The number of aliphatic hydroxyl groups is 3. The Balaban J connectivity index is 1.53. The highest BCUT2D eigenvalue weighted by Crippen LogP contribution is 2.30. The van der Waals surface area contributed by atoms with Gasteiger partial charge < -0.3 is 53.2 Å². The molecule has 0 aromatic heterocycles. The number of hydrogen-bond acceptors (Lipinski definition) is 11. The first-order valence-electron chi connectivity index (χ1n) is 28.2. The molecule has 9 atom stereocenters. The van der Waals surface area contributed by atoms with Crippen LogP contribution in [0.25, 0.3) is 0 Å². The highest BCUT2D eigenvalue weighted by Gasteiger charge is 2.34. The summed E-state index contributed by atoms with van der Waals surface area (Å²) in [5, 5.41) is 34.9. The lowest BCUT2D eigenvalue weighted by molar-refractivity contribution is -0.140. The molecule has 0 spiro atoms. The molecule has 0 aliphatic rings. The van der Waals surface area contributed by atoms with Gasteiger partial charge in [-0.3, -0.25) is 0 Å². The van der Waals surface area contributed by atoms with Crippen LogP contribution in [0.15, 0.2) is 132 Å². The van der Waals surface area contributed by atoms with Gasteiger partial charge in [0, 0.05) is 17.8 Å². The molecule has 0 unspecified atom stereocenters. The van der Waals surface area contributed by atoms with Crippen molar-refractivity contribution in [1.82, 2.24) is 0 Å². The number of hydrogen-bond donors (Lipinski definition) is 3. The Bertz CT molecular complexity index is 2270. The van der Waals surface area contributed by atoms with E-state index < -0.39 is 30.3 Å². The van der Waals surface area contributed by atoms with Crippen LogP contribution in [0.3, 0.4) is 0 Å². The molecule has 0 saturated carbocycles. The van der Waals surface area contributed by atoms with E-state index in [9.17, 15) is 15.3 Å². The van der Waals surface area contributed by atoms with Crippen molar-refractivity contribution in [2.75, 3.05) is 41.7 Å². The summed E-state index contributed by atoms with van der Waals surface area (Å²) in [6.45, 7) is 15.9. The Morgan fingerprint density at radius 2 is 0.935 bits per heavy atom. The zero-order valence-electron chi connectivity index (χ0n) is 48.6. The Hall–Kier alpha value is -4.98. The molecular weight excluding hydrogens is 969 g/mol. The molecular formula is C66H96O11. The summed E-state index contributed by atoms with van der Waals surface area (Å²) >= 11 is 0. The molecule has 11 heteroatoms. The largest absolute Gasteiger partial charge is 0.497 e. The van der Waals surface area contributed by atoms with Gasteiger partial charge in [0.25, 0.3) is 0 Å². The lowest BCUT2D eigenvalue weighted by Crippen LogP contribution is -2.43. The van der Waals surface area contributed by atoms with Crippen LogP contribution < -0.4 is 18.9 Å². The molecule has 0 amide bonds. The van der Waals surface area contributed by atoms with Gasteiger partial charge in [0.15, 0.2) is 0 Å². The van der Waals surface area contributed by atoms with Crippen LogP contribution >= 0.6 is 0 Å². The fraction of sp³-hybridized carbons (Fsp3) is 0.545. The van der Waals surface area contributed by atoms with E-state index >= 15 is 0 Å². The molecule has 0 radical (unpaired) electrons. The molecule has 77 heavy (non-hydrogen) atoms. The molecule has 0 fully saturated rings. The summed E-state index contributed by atoms with van der Waals surface area (Å²) in [5.41, 5.74) is 6.48. The molecule has 0 aliphatic heterocycles. The van der Waals surface area contributed by atoms with E-state index in [0.29, 0.717) is 24.7 Å². The van der Waals surface area contributed by atoms with Gasteiger partial charge in [0.05, 0.1) is 92.5 Å². The first-order valence-corrected chi connectivity index (χ1v) is 28.2. The number of benzene rings is 4. The number of ether oxygens (including phenoxy) is 8. The number of allylic oxidation sites excluding steroid dienone is 2. The smallest absolute Gasteiger partial charge is 0.118 e. The fourth-order valence-electron chi connectivity index (χ4n) is 10.0. The van der Waals surface area contributed by atoms with E-state index in [1.165, 1.54) is 51.4 Å². The van der Waals surface area contributed by atoms with Crippen molar-refractivity contribution in [1.29, 1.82) is 0 Å². The van der Waals surface area contributed by atoms with Gasteiger partial charge in [-0.2, -0.15) is 0 Å². The molecule has 0 saturated heterocycles. The molecule has 0 aliphatic carbocycles. The molecule has 3 N–H and O–H groups in total. The van der Waals surface area contributed by atoms with Crippen LogP contribution in [0.5, 0.6) is 23.0 Å². The minimum atomic E-state index is -0.929. The first kappa shape index (κ1) is 64.5. The summed E-state index contributed by atoms with van der Waals surface area (Å²) in [7, 11) is 6.57. The van der Waals surface area contributed by atoms with E-state index in [1.54, 1.807) is 28.4 Å². The van der Waals surface area contributed by atoms with Gasteiger partial charge in [-0.1, -0.05) is 151 Å². The van der Waals surface area contributed by atoms with Crippen molar-refractivity contribution in [2.45, 2.75) is 170 Å². The van der Waals surface area contributed by atoms with Crippen LogP contribution in [-0.2, 0) is 45.4 Å². The second-order valence-corrected chi connectivity index (χ2v) is 21.1. The molecule has 11 nitrogen and oxygen atoms in total. The average molecular weight is 1070 g/mol. The molecule has 4 aromatic rings. The predicted octanol–water partition coefficient (Wildman–Crippen LogP) is 14.0. The number of methoxy groups -OCH3 is 4. The van der Waals surface area contributed by atoms with E-state index in [1.807, 2.05) is 112 Å².